The van der Waals surface area contributed by atoms with E-state index in [4.69, 9.17) is 9.47 Å². The SMILES string of the molecule is COc1ccc(-c2nc(Nc3ccccc3)c3[nH]ncc3n2)cc1OC. The van der Waals surface area contributed by atoms with Gasteiger partial charge in [0.15, 0.2) is 23.1 Å². The molecule has 0 aliphatic rings. The molecule has 0 aliphatic heterocycles. The van der Waals surface area contributed by atoms with Gasteiger partial charge in [-0.3, -0.25) is 5.10 Å². The van der Waals surface area contributed by atoms with E-state index in [2.05, 4.69) is 25.5 Å². The lowest BCUT2D eigenvalue weighted by Crippen LogP contribution is -1.99. The highest BCUT2D eigenvalue weighted by Crippen LogP contribution is 2.32. The summed E-state index contributed by atoms with van der Waals surface area (Å²) in [5, 5.41) is 10.3. The average molecular weight is 347 g/mol. The van der Waals surface area contributed by atoms with Crippen LogP contribution in [0.1, 0.15) is 0 Å². The number of aromatic amines is 1. The third-order valence-corrected chi connectivity index (χ3v) is 3.98. The maximum atomic E-state index is 5.38. The van der Waals surface area contributed by atoms with Crippen LogP contribution in [-0.2, 0) is 0 Å². The predicted molar refractivity (Wildman–Crippen MR) is 99.9 cm³/mol. The second kappa shape index (κ2) is 6.72. The van der Waals surface area contributed by atoms with Gasteiger partial charge < -0.3 is 14.8 Å². The van der Waals surface area contributed by atoms with Crippen molar-refractivity contribution >= 4 is 22.5 Å². The topological polar surface area (TPSA) is 85.0 Å². The Morgan fingerprint density at radius 2 is 1.73 bits per heavy atom. The van der Waals surface area contributed by atoms with E-state index in [1.54, 1.807) is 20.4 Å². The van der Waals surface area contributed by atoms with Crippen molar-refractivity contribution in [3.8, 4) is 22.9 Å². The molecule has 7 nitrogen and oxygen atoms in total. The fourth-order valence-electron chi connectivity index (χ4n) is 2.69. The van der Waals surface area contributed by atoms with E-state index in [1.807, 2.05) is 48.5 Å². The van der Waals surface area contributed by atoms with Crippen molar-refractivity contribution in [3.05, 3.63) is 54.7 Å². The van der Waals surface area contributed by atoms with Crippen molar-refractivity contribution in [2.24, 2.45) is 0 Å². The van der Waals surface area contributed by atoms with Gasteiger partial charge in [-0.1, -0.05) is 18.2 Å². The summed E-state index contributed by atoms with van der Waals surface area (Å²) in [4.78, 5) is 9.28. The van der Waals surface area contributed by atoms with Gasteiger partial charge in [0.2, 0.25) is 0 Å². The summed E-state index contributed by atoms with van der Waals surface area (Å²) in [6.07, 6.45) is 1.68. The van der Waals surface area contributed by atoms with Crippen LogP contribution in [0, 0.1) is 0 Å². The molecule has 7 heteroatoms. The van der Waals surface area contributed by atoms with Crippen LogP contribution in [0.4, 0.5) is 11.5 Å². The number of para-hydroxylation sites is 1. The summed E-state index contributed by atoms with van der Waals surface area (Å²) < 4.78 is 10.7. The molecule has 26 heavy (non-hydrogen) atoms. The summed E-state index contributed by atoms with van der Waals surface area (Å²) in [6, 6.07) is 15.4. The summed E-state index contributed by atoms with van der Waals surface area (Å²) in [5.74, 6) is 2.50. The third kappa shape index (κ3) is 2.90. The van der Waals surface area contributed by atoms with E-state index < -0.39 is 0 Å². The Bertz CT molecular complexity index is 1050. The lowest BCUT2D eigenvalue weighted by molar-refractivity contribution is 0.355. The van der Waals surface area contributed by atoms with Crippen LogP contribution in [0.25, 0.3) is 22.4 Å². The zero-order chi connectivity index (χ0) is 17.9. The highest BCUT2D eigenvalue weighted by molar-refractivity contribution is 5.88. The first-order valence-electron chi connectivity index (χ1n) is 8.04. The van der Waals surface area contributed by atoms with Crippen molar-refractivity contribution in [1.82, 2.24) is 20.2 Å². The standard InChI is InChI=1S/C19H17N5O2/c1-25-15-9-8-12(10-16(15)26-2)18-22-14-11-20-24-17(14)19(23-18)21-13-6-4-3-5-7-13/h3-11H,1-2H3,(H,20,24)(H,21,22,23). The van der Waals surface area contributed by atoms with Crippen LogP contribution >= 0.6 is 0 Å². The molecule has 0 atom stereocenters. The Morgan fingerprint density at radius 3 is 2.50 bits per heavy atom. The van der Waals surface area contributed by atoms with E-state index in [0.29, 0.717) is 23.1 Å². The number of nitrogens with zero attached hydrogens (tertiary/aromatic N) is 3. The first-order valence-corrected chi connectivity index (χ1v) is 8.04. The number of fused-ring (bicyclic) bond motifs is 1. The minimum absolute atomic E-state index is 0.568. The van der Waals surface area contributed by atoms with Gasteiger partial charge in [0, 0.05) is 11.3 Å². The second-order valence-corrected chi connectivity index (χ2v) is 5.59. The molecule has 4 rings (SSSR count). The van der Waals surface area contributed by atoms with Crippen molar-refractivity contribution in [3.63, 3.8) is 0 Å². The molecule has 2 N–H and O–H groups in total. The molecule has 0 bridgehead atoms. The molecule has 0 radical (unpaired) electrons. The maximum absolute atomic E-state index is 5.38. The summed E-state index contributed by atoms with van der Waals surface area (Å²) in [7, 11) is 3.21. The van der Waals surface area contributed by atoms with Crippen molar-refractivity contribution < 1.29 is 9.47 Å². The number of methoxy groups -OCH3 is 2. The summed E-state index contributed by atoms with van der Waals surface area (Å²) >= 11 is 0. The fourth-order valence-corrected chi connectivity index (χ4v) is 2.69. The highest BCUT2D eigenvalue weighted by atomic mass is 16.5. The predicted octanol–water partition coefficient (Wildman–Crippen LogP) is 3.78. The van der Waals surface area contributed by atoms with Crippen LogP contribution < -0.4 is 14.8 Å². The van der Waals surface area contributed by atoms with Gasteiger partial charge in [-0.25, -0.2) is 9.97 Å². The molecule has 4 aromatic rings. The molecular weight excluding hydrogens is 330 g/mol. The Labute approximate surface area is 150 Å². The van der Waals surface area contributed by atoms with Crippen LogP contribution in [0.3, 0.4) is 0 Å². The Kier molecular flexibility index (Phi) is 4.10. The molecule has 0 spiro atoms. The second-order valence-electron chi connectivity index (χ2n) is 5.59. The van der Waals surface area contributed by atoms with Crippen molar-refractivity contribution in [1.29, 1.82) is 0 Å². The summed E-state index contributed by atoms with van der Waals surface area (Å²) in [5.41, 5.74) is 3.23. The molecule has 2 heterocycles. The normalized spacial score (nSPS) is 10.7. The number of nitrogens with one attached hydrogen (secondary N) is 2. The molecule has 0 amide bonds. The molecule has 2 aromatic carbocycles. The van der Waals surface area contributed by atoms with Gasteiger partial charge in [0.25, 0.3) is 0 Å². The smallest absolute Gasteiger partial charge is 0.162 e. The number of anilines is 2. The van der Waals surface area contributed by atoms with Crippen LogP contribution in [0.2, 0.25) is 0 Å². The molecular formula is C19H17N5O2. The maximum Gasteiger partial charge on any atom is 0.162 e. The first-order chi connectivity index (χ1) is 12.8. The lowest BCUT2D eigenvalue weighted by Gasteiger charge is -2.11. The molecule has 0 unspecified atom stereocenters. The molecule has 0 saturated heterocycles. The molecule has 0 saturated carbocycles. The number of rotatable bonds is 5. The highest BCUT2D eigenvalue weighted by Gasteiger charge is 2.13. The Balaban J connectivity index is 1.81. The zero-order valence-electron chi connectivity index (χ0n) is 14.4. The fraction of sp³-hybridized carbons (Fsp3) is 0.105. The number of ether oxygens (including phenoxy) is 2. The number of H-pyrrole nitrogens is 1. The Morgan fingerprint density at radius 1 is 0.923 bits per heavy atom. The molecule has 0 fully saturated rings. The third-order valence-electron chi connectivity index (χ3n) is 3.98. The van der Waals surface area contributed by atoms with Gasteiger partial charge in [0.05, 0.1) is 20.4 Å². The van der Waals surface area contributed by atoms with Crippen LogP contribution in [0.5, 0.6) is 11.5 Å². The van der Waals surface area contributed by atoms with Gasteiger partial charge in [-0.15, -0.1) is 0 Å². The van der Waals surface area contributed by atoms with E-state index in [0.717, 1.165) is 22.3 Å². The number of hydrogen-bond acceptors (Lipinski definition) is 6. The van der Waals surface area contributed by atoms with E-state index in [-0.39, 0.29) is 0 Å². The van der Waals surface area contributed by atoms with Gasteiger partial charge in [-0.05, 0) is 30.3 Å². The van der Waals surface area contributed by atoms with Gasteiger partial charge >= 0.3 is 0 Å². The molecule has 130 valence electrons. The monoisotopic (exact) mass is 347 g/mol. The van der Waals surface area contributed by atoms with Crippen molar-refractivity contribution in [2.45, 2.75) is 0 Å². The molecule has 2 aromatic heterocycles. The minimum Gasteiger partial charge on any atom is -0.493 e. The van der Waals surface area contributed by atoms with Crippen LogP contribution in [0.15, 0.2) is 54.7 Å². The first kappa shape index (κ1) is 15.9. The zero-order valence-corrected chi connectivity index (χ0v) is 14.4. The van der Waals surface area contributed by atoms with Gasteiger partial charge in [0.1, 0.15) is 11.0 Å². The average Bonchev–Trinajstić information content (AvgIpc) is 3.17. The Hall–Kier alpha value is -3.61. The van der Waals surface area contributed by atoms with Crippen molar-refractivity contribution in [2.75, 3.05) is 19.5 Å². The quantitative estimate of drug-likeness (QED) is 0.571. The largest absolute Gasteiger partial charge is 0.493 e. The summed E-state index contributed by atoms with van der Waals surface area (Å²) in [6.45, 7) is 0. The van der Waals surface area contributed by atoms with E-state index >= 15 is 0 Å². The number of aromatic nitrogens is 4. The number of hydrogen-bond donors (Lipinski definition) is 2. The molecule has 0 aliphatic carbocycles. The van der Waals surface area contributed by atoms with E-state index in [1.165, 1.54) is 0 Å². The van der Waals surface area contributed by atoms with Gasteiger partial charge in [-0.2, -0.15) is 5.10 Å². The van der Waals surface area contributed by atoms with Crippen LogP contribution in [-0.4, -0.2) is 34.4 Å². The van der Waals surface area contributed by atoms with E-state index in [9.17, 15) is 0 Å². The number of benzene rings is 2. The lowest BCUT2D eigenvalue weighted by atomic mass is 10.2. The minimum atomic E-state index is 0.568.